The number of amides is 2. The summed E-state index contributed by atoms with van der Waals surface area (Å²) in [6, 6.07) is 17.5. The van der Waals surface area contributed by atoms with Crippen LogP contribution >= 0.6 is 0 Å². The molecule has 0 heterocycles. The van der Waals surface area contributed by atoms with Crippen LogP contribution in [-0.2, 0) is 22.2 Å². The molecule has 10 heteroatoms. The molecule has 3 aromatic carbocycles. The van der Waals surface area contributed by atoms with E-state index in [0.29, 0.717) is 5.56 Å². The first kappa shape index (κ1) is 26.4. The third kappa shape index (κ3) is 6.70. The highest BCUT2D eigenvalue weighted by atomic mass is 19.4. The second kappa shape index (κ2) is 11.5. The number of benzene rings is 3. The molecule has 188 valence electrons. The first-order valence-electron chi connectivity index (χ1n) is 10.8. The number of carbonyl (C=O) groups is 3. The maximum Gasteiger partial charge on any atom is 0.416 e. The van der Waals surface area contributed by atoms with E-state index in [2.05, 4.69) is 10.6 Å². The topological polar surface area (TPSA) is 116 Å². The summed E-state index contributed by atoms with van der Waals surface area (Å²) in [5.74, 6) is -3.35. The number of carboxylic acid groups (broad SMARTS) is 1. The van der Waals surface area contributed by atoms with E-state index < -0.39 is 54.1 Å². The molecule has 0 saturated carbocycles. The molecule has 3 rings (SSSR count). The minimum Gasteiger partial charge on any atom is -0.480 e. The van der Waals surface area contributed by atoms with Gasteiger partial charge in [-0.05, 0) is 29.3 Å². The number of alkyl halides is 3. The molecule has 3 aromatic rings. The summed E-state index contributed by atoms with van der Waals surface area (Å²) >= 11 is 0. The van der Waals surface area contributed by atoms with E-state index >= 15 is 0 Å². The monoisotopic (exact) mass is 500 g/mol. The Labute approximate surface area is 204 Å². The van der Waals surface area contributed by atoms with Crippen LogP contribution in [0.1, 0.15) is 33.1 Å². The number of aliphatic hydroxyl groups excluding tert-OH is 1. The molecule has 0 aliphatic carbocycles. The Hall–Kier alpha value is -4.18. The second-order valence-corrected chi connectivity index (χ2v) is 7.93. The second-order valence-electron chi connectivity index (χ2n) is 7.93. The molecule has 0 aromatic heterocycles. The minimum atomic E-state index is -4.72. The van der Waals surface area contributed by atoms with Crippen LogP contribution in [0.2, 0.25) is 0 Å². The molecule has 4 N–H and O–H groups in total. The normalized spacial score (nSPS) is 13.8. The summed E-state index contributed by atoms with van der Waals surface area (Å²) in [6.07, 6.45) is -7.33. The van der Waals surface area contributed by atoms with Crippen LogP contribution in [0, 0.1) is 0 Å². The highest BCUT2D eigenvalue weighted by Crippen LogP contribution is 2.32. The van der Waals surface area contributed by atoms with Crippen LogP contribution in [0.15, 0.2) is 84.9 Å². The van der Waals surface area contributed by atoms with Crippen LogP contribution in [0.4, 0.5) is 13.2 Å². The number of hydrogen-bond acceptors (Lipinski definition) is 4. The number of nitrogens with one attached hydrogen (secondary N) is 2. The van der Waals surface area contributed by atoms with E-state index in [0.717, 1.165) is 12.1 Å². The zero-order chi connectivity index (χ0) is 26.3. The highest BCUT2D eigenvalue weighted by molar-refractivity contribution is 5.95. The fourth-order valence-electron chi connectivity index (χ4n) is 3.62. The molecular formula is C26H23F3N2O5. The van der Waals surface area contributed by atoms with Gasteiger partial charge in [0.2, 0.25) is 0 Å². The molecule has 7 nitrogen and oxygen atoms in total. The van der Waals surface area contributed by atoms with Gasteiger partial charge in [-0.15, -0.1) is 0 Å². The van der Waals surface area contributed by atoms with E-state index in [9.17, 15) is 37.8 Å². The molecule has 2 amide bonds. The van der Waals surface area contributed by atoms with E-state index in [1.54, 1.807) is 48.5 Å². The quantitative estimate of drug-likeness (QED) is 0.360. The van der Waals surface area contributed by atoms with Crippen molar-refractivity contribution in [3.63, 3.8) is 0 Å². The van der Waals surface area contributed by atoms with Crippen molar-refractivity contribution in [3.8, 4) is 0 Å². The third-order valence-electron chi connectivity index (χ3n) is 5.43. The van der Waals surface area contributed by atoms with Crippen molar-refractivity contribution in [1.29, 1.82) is 0 Å². The highest BCUT2D eigenvalue weighted by Gasteiger charge is 2.36. The van der Waals surface area contributed by atoms with Crippen LogP contribution in [0.5, 0.6) is 0 Å². The zero-order valence-corrected chi connectivity index (χ0v) is 18.8. The van der Waals surface area contributed by atoms with Gasteiger partial charge in [0.1, 0.15) is 6.04 Å². The lowest BCUT2D eigenvalue weighted by Crippen LogP contribution is -2.51. The number of carbonyl (C=O) groups excluding carboxylic acids is 2. The number of carboxylic acids is 1. The van der Waals surface area contributed by atoms with Gasteiger partial charge in [-0.2, -0.15) is 13.2 Å². The molecule has 0 unspecified atom stereocenters. The average molecular weight is 500 g/mol. The van der Waals surface area contributed by atoms with Crippen molar-refractivity contribution in [2.45, 2.75) is 30.8 Å². The van der Waals surface area contributed by atoms with Gasteiger partial charge in [0.15, 0.2) is 6.10 Å². The molecule has 36 heavy (non-hydrogen) atoms. The Morgan fingerprint density at radius 1 is 0.806 bits per heavy atom. The first-order chi connectivity index (χ1) is 17.1. The third-order valence-corrected chi connectivity index (χ3v) is 5.43. The van der Waals surface area contributed by atoms with Crippen molar-refractivity contribution < 1.29 is 37.8 Å². The summed E-state index contributed by atoms with van der Waals surface area (Å²) in [5.41, 5.74) is -0.732. The number of aliphatic carboxylic acids is 1. The standard InChI is InChI=1S/C26H23F3N2O5/c27-26(28,29)19-14-8-7-13-18(19)15-20(25(35)36)30-24(34)22(32)21(16-9-3-1-4-10-16)31-23(33)17-11-5-2-6-12-17/h1-14,20-22,32H,15H2,(H,30,34)(H,31,33)(H,35,36)/t20-,21+,22-/m1/s1. The molecule has 0 aliphatic heterocycles. The first-order valence-corrected chi connectivity index (χ1v) is 10.8. The number of hydrogen-bond donors (Lipinski definition) is 4. The summed E-state index contributed by atoms with van der Waals surface area (Å²) in [4.78, 5) is 37.3. The van der Waals surface area contributed by atoms with Crippen molar-refractivity contribution in [1.82, 2.24) is 10.6 Å². The maximum absolute atomic E-state index is 13.3. The molecule has 0 aliphatic rings. The predicted molar refractivity (Wildman–Crippen MR) is 124 cm³/mol. The Balaban J connectivity index is 1.82. The molecule has 3 atom stereocenters. The molecule has 0 bridgehead atoms. The van der Waals surface area contributed by atoms with Gasteiger partial charge < -0.3 is 20.8 Å². The Morgan fingerprint density at radius 3 is 1.94 bits per heavy atom. The van der Waals surface area contributed by atoms with Gasteiger partial charge in [0.05, 0.1) is 11.6 Å². The van der Waals surface area contributed by atoms with E-state index in [1.807, 2.05) is 0 Å². The van der Waals surface area contributed by atoms with Crippen molar-refractivity contribution in [3.05, 3.63) is 107 Å². The largest absolute Gasteiger partial charge is 0.480 e. The zero-order valence-electron chi connectivity index (χ0n) is 18.8. The van der Waals surface area contributed by atoms with Crippen molar-refractivity contribution in [2.24, 2.45) is 0 Å². The fourth-order valence-corrected chi connectivity index (χ4v) is 3.62. The maximum atomic E-state index is 13.3. The Kier molecular flexibility index (Phi) is 8.44. The van der Waals surface area contributed by atoms with Crippen LogP contribution < -0.4 is 10.6 Å². The summed E-state index contributed by atoms with van der Waals surface area (Å²) in [5, 5.41) is 25.0. The predicted octanol–water partition coefficient (Wildman–Crippen LogP) is 3.35. The molecule has 0 spiro atoms. The van der Waals surface area contributed by atoms with Gasteiger partial charge in [-0.1, -0.05) is 66.7 Å². The average Bonchev–Trinajstić information content (AvgIpc) is 2.87. The van der Waals surface area contributed by atoms with E-state index in [1.165, 1.54) is 24.3 Å². The molecule has 0 fully saturated rings. The van der Waals surface area contributed by atoms with Gasteiger partial charge in [-0.25, -0.2) is 4.79 Å². The van der Waals surface area contributed by atoms with Crippen molar-refractivity contribution >= 4 is 17.8 Å². The molecule has 0 saturated heterocycles. The summed E-state index contributed by atoms with van der Waals surface area (Å²) in [7, 11) is 0. The lowest BCUT2D eigenvalue weighted by Gasteiger charge is -2.26. The number of halogens is 3. The number of rotatable bonds is 9. The van der Waals surface area contributed by atoms with E-state index in [4.69, 9.17) is 0 Å². The van der Waals surface area contributed by atoms with Crippen LogP contribution in [0.25, 0.3) is 0 Å². The van der Waals surface area contributed by atoms with Gasteiger partial charge in [-0.3, -0.25) is 9.59 Å². The Morgan fingerprint density at radius 2 is 1.36 bits per heavy atom. The molecular weight excluding hydrogens is 477 g/mol. The fraction of sp³-hybridized carbons (Fsp3) is 0.192. The SMILES string of the molecule is O=C(N[C@@H](c1ccccc1)[C@@H](O)C(=O)N[C@H](Cc1ccccc1C(F)(F)F)C(=O)O)c1ccccc1. The van der Waals surface area contributed by atoms with Crippen molar-refractivity contribution in [2.75, 3.05) is 0 Å². The molecule has 0 radical (unpaired) electrons. The Bertz CT molecular complexity index is 1200. The summed E-state index contributed by atoms with van der Waals surface area (Å²) < 4.78 is 40.0. The van der Waals surface area contributed by atoms with Gasteiger partial charge in [0, 0.05) is 12.0 Å². The smallest absolute Gasteiger partial charge is 0.416 e. The minimum absolute atomic E-state index is 0.262. The number of aliphatic hydroxyl groups is 1. The van der Waals surface area contributed by atoms with Crippen LogP contribution in [0.3, 0.4) is 0 Å². The lowest BCUT2D eigenvalue weighted by atomic mass is 9.97. The lowest BCUT2D eigenvalue weighted by molar-refractivity contribution is -0.144. The van der Waals surface area contributed by atoms with Gasteiger partial charge >= 0.3 is 12.1 Å². The van der Waals surface area contributed by atoms with E-state index in [-0.39, 0.29) is 11.1 Å². The van der Waals surface area contributed by atoms with Crippen LogP contribution in [-0.4, -0.2) is 40.1 Å². The van der Waals surface area contributed by atoms with Gasteiger partial charge in [0.25, 0.3) is 11.8 Å². The summed E-state index contributed by atoms with van der Waals surface area (Å²) in [6.45, 7) is 0.